The second-order valence-electron chi connectivity index (χ2n) is 3.53. The molecule has 0 bridgehead atoms. The molecule has 0 unspecified atom stereocenters. The van der Waals surface area contributed by atoms with E-state index in [-0.39, 0.29) is 16.9 Å². The number of anilines is 2. The number of rotatable bonds is 4. The van der Waals surface area contributed by atoms with E-state index < -0.39 is 10.9 Å². The second-order valence-corrected chi connectivity index (χ2v) is 4.29. The second kappa shape index (κ2) is 4.98. The van der Waals surface area contributed by atoms with Crippen LogP contribution >= 0.6 is 11.5 Å². The van der Waals surface area contributed by atoms with Crippen molar-refractivity contribution in [3.05, 3.63) is 39.7 Å². The summed E-state index contributed by atoms with van der Waals surface area (Å²) in [6.07, 6.45) is 0. The third-order valence-electron chi connectivity index (χ3n) is 2.23. The molecule has 2 aromatic rings. The van der Waals surface area contributed by atoms with Gasteiger partial charge in [-0.2, -0.15) is 4.37 Å². The molecule has 0 fully saturated rings. The Morgan fingerprint density at radius 2 is 2.26 bits per heavy atom. The zero-order chi connectivity index (χ0) is 14.0. The predicted molar refractivity (Wildman–Crippen MR) is 68.0 cm³/mol. The lowest BCUT2D eigenvalue weighted by Crippen LogP contribution is -2.05. The highest BCUT2D eigenvalue weighted by molar-refractivity contribution is 7.09. The first-order valence-electron chi connectivity index (χ1n) is 5.07. The number of carboxylic acids is 1. The van der Waals surface area contributed by atoms with Gasteiger partial charge in [-0.15, -0.1) is 0 Å². The number of carboxylic acid groups (broad SMARTS) is 1. The summed E-state index contributed by atoms with van der Waals surface area (Å²) in [5, 5.41) is 22.9. The fourth-order valence-electron chi connectivity index (χ4n) is 1.46. The van der Waals surface area contributed by atoms with Crippen LogP contribution in [-0.2, 0) is 0 Å². The summed E-state index contributed by atoms with van der Waals surface area (Å²) >= 11 is 0.997. The Balaban J connectivity index is 2.52. The van der Waals surface area contributed by atoms with Crippen molar-refractivity contribution in [2.45, 2.75) is 6.92 Å². The van der Waals surface area contributed by atoms with Crippen LogP contribution in [0, 0.1) is 17.0 Å². The minimum absolute atomic E-state index is 0.101. The average molecular weight is 280 g/mol. The number of nitrogens with zero attached hydrogens (tertiary/aromatic N) is 3. The van der Waals surface area contributed by atoms with Gasteiger partial charge in [0, 0.05) is 17.6 Å². The van der Waals surface area contributed by atoms with Gasteiger partial charge < -0.3 is 10.4 Å². The van der Waals surface area contributed by atoms with Crippen LogP contribution in [0.25, 0.3) is 0 Å². The van der Waals surface area contributed by atoms with Crippen LogP contribution in [0.15, 0.2) is 18.2 Å². The van der Waals surface area contributed by atoms with E-state index in [1.165, 1.54) is 18.2 Å². The van der Waals surface area contributed by atoms with Gasteiger partial charge in [-0.05, 0) is 13.0 Å². The highest BCUT2D eigenvalue weighted by Gasteiger charge is 2.22. The number of nitrogens with one attached hydrogen (secondary N) is 1. The Morgan fingerprint density at radius 3 is 2.79 bits per heavy atom. The fraction of sp³-hybridized carbons (Fsp3) is 0.100. The maximum atomic E-state index is 11.1. The summed E-state index contributed by atoms with van der Waals surface area (Å²) in [7, 11) is 0. The first-order chi connectivity index (χ1) is 8.99. The molecule has 8 nitrogen and oxygen atoms in total. The Kier molecular flexibility index (Phi) is 3.38. The Morgan fingerprint density at radius 1 is 1.53 bits per heavy atom. The number of nitro groups is 1. The number of carbonyl (C=O) groups is 1. The number of aryl methyl sites for hydroxylation is 1. The van der Waals surface area contributed by atoms with E-state index in [0.717, 1.165) is 11.5 Å². The molecule has 1 heterocycles. The van der Waals surface area contributed by atoms with Crippen molar-refractivity contribution in [1.29, 1.82) is 0 Å². The molecule has 98 valence electrons. The average Bonchev–Trinajstić information content (AvgIpc) is 2.74. The number of hydrogen-bond donors (Lipinski definition) is 2. The van der Waals surface area contributed by atoms with Gasteiger partial charge in [0.05, 0.1) is 10.5 Å². The number of nitro benzene ring substituents is 1. The predicted octanol–water partition coefficient (Wildman–Crippen LogP) is 2.20. The van der Waals surface area contributed by atoms with Gasteiger partial charge >= 0.3 is 5.97 Å². The molecule has 0 aliphatic heterocycles. The molecule has 0 saturated carbocycles. The number of para-hydroxylation sites is 1. The molecular weight excluding hydrogens is 272 g/mol. The Labute approximate surface area is 111 Å². The molecule has 2 N–H and O–H groups in total. The van der Waals surface area contributed by atoms with E-state index in [4.69, 9.17) is 5.11 Å². The lowest BCUT2D eigenvalue weighted by Gasteiger charge is -2.06. The quantitative estimate of drug-likeness (QED) is 0.650. The molecule has 9 heteroatoms. The van der Waals surface area contributed by atoms with Gasteiger partial charge in [0.25, 0.3) is 5.69 Å². The minimum atomic E-state index is -1.26. The van der Waals surface area contributed by atoms with Crippen molar-refractivity contribution in [2.75, 3.05) is 5.32 Å². The number of aromatic carboxylic acids is 1. The van der Waals surface area contributed by atoms with Crippen molar-refractivity contribution in [2.24, 2.45) is 0 Å². The van der Waals surface area contributed by atoms with Crippen molar-refractivity contribution in [3.63, 3.8) is 0 Å². The van der Waals surface area contributed by atoms with E-state index in [0.29, 0.717) is 11.0 Å². The largest absolute Gasteiger partial charge is 0.478 e. The normalized spacial score (nSPS) is 10.2. The summed E-state index contributed by atoms with van der Waals surface area (Å²) in [6.45, 7) is 1.67. The first kappa shape index (κ1) is 12.9. The van der Waals surface area contributed by atoms with E-state index >= 15 is 0 Å². The summed E-state index contributed by atoms with van der Waals surface area (Å²) in [5.41, 5.74) is -0.619. The summed E-state index contributed by atoms with van der Waals surface area (Å²) in [4.78, 5) is 25.4. The number of benzene rings is 1. The van der Waals surface area contributed by atoms with Gasteiger partial charge in [-0.3, -0.25) is 10.1 Å². The molecule has 0 aliphatic rings. The standard InChI is InChI=1S/C10H8N4O4S/c1-5-11-10(19-13-5)12-8-6(9(15)16)3-2-4-7(8)14(17)18/h2-4H,1H3,(H,15,16)(H,11,12,13). The lowest BCUT2D eigenvalue weighted by atomic mass is 10.1. The highest BCUT2D eigenvalue weighted by Crippen LogP contribution is 2.31. The molecule has 0 aliphatic carbocycles. The smallest absolute Gasteiger partial charge is 0.338 e. The zero-order valence-corrected chi connectivity index (χ0v) is 10.5. The van der Waals surface area contributed by atoms with E-state index in [1.54, 1.807) is 6.92 Å². The summed E-state index contributed by atoms with van der Waals surface area (Å²) < 4.78 is 3.91. The minimum Gasteiger partial charge on any atom is -0.478 e. The third kappa shape index (κ3) is 2.65. The third-order valence-corrected chi connectivity index (χ3v) is 2.95. The van der Waals surface area contributed by atoms with Gasteiger partial charge in [-0.1, -0.05) is 6.07 Å². The summed E-state index contributed by atoms with van der Waals surface area (Å²) in [5.74, 6) is -0.754. The van der Waals surface area contributed by atoms with E-state index in [2.05, 4.69) is 14.7 Å². The molecule has 2 rings (SSSR count). The molecule has 19 heavy (non-hydrogen) atoms. The van der Waals surface area contributed by atoms with Gasteiger partial charge in [0.2, 0.25) is 5.13 Å². The van der Waals surface area contributed by atoms with E-state index in [9.17, 15) is 14.9 Å². The van der Waals surface area contributed by atoms with Crippen LogP contribution in [0.4, 0.5) is 16.5 Å². The Bertz CT molecular complexity index is 622. The molecule has 0 amide bonds. The summed E-state index contributed by atoms with van der Waals surface area (Å²) in [6, 6.07) is 3.83. The van der Waals surface area contributed by atoms with Crippen LogP contribution < -0.4 is 5.32 Å². The molecule has 1 aromatic heterocycles. The lowest BCUT2D eigenvalue weighted by molar-refractivity contribution is -0.383. The molecule has 1 aromatic carbocycles. The van der Waals surface area contributed by atoms with Gasteiger partial charge in [0.15, 0.2) is 0 Å². The van der Waals surface area contributed by atoms with Crippen LogP contribution in [0.1, 0.15) is 16.2 Å². The van der Waals surface area contributed by atoms with Crippen molar-refractivity contribution in [1.82, 2.24) is 9.36 Å². The van der Waals surface area contributed by atoms with Gasteiger partial charge in [0.1, 0.15) is 11.5 Å². The topological polar surface area (TPSA) is 118 Å². The monoisotopic (exact) mass is 280 g/mol. The van der Waals surface area contributed by atoms with Gasteiger partial charge in [-0.25, -0.2) is 9.78 Å². The number of hydrogen-bond acceptors (Lipinski definition) is 7. The van der Waals surface area contributed by atoms with Crippen molar-refractivity contribution < 1.29 is 14.8 Å². The van der Waals surface area contributed by atoms with Crippen molar-refractivity contribution in [3.8, 4) is 0 Å². The van der Waals surface area contributed by atoms with Crippen LogP contribution in [0.5, 0.6) is 0 Å². The molecular formula is C10H8N4O4S. The molecule has 0 spiro atoms. The van der Waals surface area contributed by atoms with Crippen LogP contribution in [-0.4, -0.2) is 25.4 Å². The molecule has 0 saturated heterocycles. The fourth-order valence-corrected chi connectivity index (χ4v) is 2.04. The maximum Gasteiger partial charge on any atom is 0.338 e. The van der Waals surface area contributed by atoms with Crippen LogP contribution in [0.3, 0.4) is 0 Å². The molecule has 0 atom stereocenters. The van der Waals surface area contributed by atoms with Crippen LogP contribution in [0.2, 0.25) is 0 Å². The van der Waals surface area contributed by atoms with Crippen molar-refractivity contribution >= 4 is 34.0 Å². The SMILES string of the molecule is Cc1nsc(Nc2c(C(=O)O)cccc2[N+](=O)[O-])n1. The maximum absolute atomic E-state index is 11.1. The molecule has 0 radical (unpaired) electrons. The zero-order valence-electron chi connectivity index (χ0n) is 9.65. The highest BCUT2D eigenvalue weighted by atomic mass is 32.1. The van der Waals surface area contributed by atoms with E-state index in [1.807, 2.05) is 0 Å². The number of aromatic nitrogens is 2. The Hall–Kier alpha value is -2.55. The first-order valence-corrected chi connectivity index (χ1v) is 5.84.